The summed E-state index contributed by atoms with van der Waals surface area (Å²) >= 11 is 12.0. The molecule has 0 aliphatic rings. The normalized spacial score (nSPS) is 12.2. The molecule has 4 nitrogen and oxygen atoms in total. The van der Waals surface area contributed by atoms with Gasteiger partial charge in [0.15, 0.2) is 0 Å². The predicted octanol–water partition coefficient (Wildman–Crippen LogP) is 3.82. The Kier molecular flexibility index (Phi) is 8.02. The Morgan fingerprint density at radius 1 is 1.04 bits per heavy atom. The number of halogens is 2. The summed E-state index contributed by atoms with van der Waals surface area (Å²) in [5.41, 5.74) is 2.12. The van der Waals surface area contributed by atoms with E-state index in [9.17, 15) is 13.5 Å². The zero-order valence-corrected chi connectivity index (χ0v) is 14.8. The van der Waals surface area contributed by atoms with Crippen molar-refractivity contribution in [1.82, 2.24) is 0 Å². The van der Waals surface area contributed by atoms with Gasteiger partial charge in [0.25, 0.3) is 10.1 Å². The van der Waals surface area contributed by atoms with E-state index in [-0.39, 0.29) is 12.5 Å². The van der Waals surface area contributed by atoms with Gasteiger partial charge in [-0.2, -0.15) is 8.42 Å². The van der Waals surface area contributed by atoms with Crippen molar-refractivity contribution in [3.63, 3.8) is 0 Å². The van der Waals surface area contributed by atoms with Gasteiger partial charge in [0, 0.05) is 16.0 Å². The van der Waals surface area contributed by atoms with Crippen LogP contribution < -0.4 is 0 Å². The first-order valence-electron chi connectivity index (χ1n) is 6.73. The molecule has 0 heterocycles. The molecule has 0 aliphatic carbocycles. The predicted molar refractivity (Wildman–Crippen MR) is 93.9 cm³/mol. The molecule has 7 heteroatoms. The van der Waals surface area contributed by atoms with Gasteiger partial charge in [-0.1, -0.05) is 53.5 Å². The van der Waals surface area contributed by atoms with E-state index in [0.29, 0.717) is 11.3 Å². The fraction of sp³-hybridized carbons (Fsp3) is 0.250. The van der Waals surface area contributed by atoms with Gasteiger partial charge < -0.3 is 5.11 Å². The standard InChI is InChI=1S/C15H14Cl2O.CH4O3S/c16-14-7-5-11(6-8-14)13(10-18)9-12-3-1-2-4-15(12)17;1-5(2,3)4/h1-8,13,18H,9-10H2;1H3,(H,2,3,4). The number of aliphatic hydroxyl groups is 1. The lowest BCUT2D eigenvalue weighted by Gasteiger charge is -2.15. The summed E-state index contributed by atoms with van der Waals surface area (Å²) in [6, 6.07) is 15.3. The van der Waals surface area contributed by atoms with Gasteiger partial charge in [0.05, 0.1) is 12.9 Å². The van der Waals surface area contributed by atoms with Gasteiger partial charge in [-0.25, -0.2) is 0 Å². The van der Waals surface area contributed by atoms with Gasteiger partial charge in [0.2, 0.25) is 0 Å². The van der Waals surface area contributed by atoms with Crippen molar-refractivity contribution in [2.24, 2.45) is 0 Å². The Labute approximate surface area is 146 Å². The Hall–Kier alpha value is -1.11. The van der Waals surface area contributed by atoms with E-state index in [1.165, 1.54) is 0 Å². The van der Waals surface area contributed by atoms with E-state index in [0.717, 1.165) is 22.6 Å². The van der Waals surface area contributed by atoms with Gasteiger partial charge in [0.1, 0.15) is 0 Å². The van der Waals surface area contributed by atoms with Crippen molar-refractivity contribution < 1.29 is 18.1 Å². The SMILES string of the molecule is CS(=O)(=O)O.OCC(Cc1ccccc1Cl)c1ccc(Cl)cc1. The fourth-order valence-electron chi connectivity index (χ4n) is 1.95. The van der Waals surface area contributed by atoms with Crippen molar-refractivity contribution in [3.05, 3.63) is 69.7 Å². The zero-order chi connectivity index (χ0) is 17.5. The number of rotatable bonds is 4. The first-order valence-corrected chi connectivity index (χ1v) is 9.33. The van der Waals surface area contributed by atoms with E-state index < -0.39 is 10.1 Å². The number of hydrogen-bond acceptors (Lipinski definition) is 3. The molecular weight excluding hydrogens is 359 g/mol. The molecule has 2 N–H and O–H groups in total. The monoisotopic (exact) mass is 376 g/mol. The maximum Gasteiger partial charge on any atom is 0.261 e. The minimum atomic E-state index is -3.67. The smallest absolute Gasteiger partial charge is 0.261 e. The molecule has 2 aromatic rings. The molecule has 126 valence electrons. The lowest BCUT2D eigenvalue weighted by atomic mass is 9.93. The number of aliphatic hydroxyl groups excluding tert-OH is 1. The highest BCUT2D eigenvalue weighted by Gasteiger charge is 2.12. The van der Waals surface area contributed by atoms with Crippen LogP contribution in [0.1, 0.15) is 17.0 Å². The molecule has 0 amide bonds. The topological polar surface area (TPSA) is 74.6 Å². The summed E-state index contributed by atoms with van der Waals surface area (Å²) in [5, 5.41) is 11.0. The lowest BCUT2D eigenvalue weighted by molar-refractivity contribution is 0.264. The fourth-order valence-corrected chi connectivity index (χ4v) is 2.29. The van der Waals surface area contributed by atoms with Crippen LogP contribution in [0, 0.1) is 0 Å². The summed E-state index contributed by atoms with van der Waals surface area (Å²) in [4.78, 5) is 0. The van der Waals surface area contributed by atoms with Crippen LogP contribution in [-0.4, -0.2) is 30.9 Å². The summed E-state index contributed by atoms with van der Waals surface area (Å²) in [7, 11) is -3.67. The molecule has 1 unspecified atom stereocenters. The molecule has 0 fully saturated rings. The third-order valence-electron chi connectivity index (χ3n) is 2.99. The summed E-state index contributed by atoms with van der Waals surface area (Å²) in [5.74, 6) is 0.0437. The van der Waals surface area contributed by atoms with Crippen molar-refractivity contribution in [2.45, 2.75) is 12.3 Å². The second-order valence-electron chi connectivity index (χ2n) is 4.96. The van der Waals surface area contributed by atoms with Gasteiger partial charge in [-0.15, -0.1) is 0 Å². The highest BCUT2D eigenvalue weighted by atomic mass is 35.5. The molecule has 1 atom stereocenters. The van der Waals surface area contributed by atoms with Crippen LogP contribution in [-0.2, 0) is 16.5 Å². The quantitative estimate of drug-likeness (QED) is 0.795. The van der Waals surface area contributed by atoms with Crippen LogP contribution in [0.25, 0.3) is 0 Å². The Morgan fingerprint density at radius 2 is 1.57 bits per heavy atom. The molecule has 0 saturated carbocycles. The highest BCUT2D eigenvalue weighted by Crippen LogP contribution is 2.25. The Morgan fingerprint density at radius 3 is 2.04 bits per heavy atom. The summed E-state index contributed by atoms with van der Waals surface area (Å²) in [6.45, 7) is 0.0901. The first-order chi connectivity index (χ1) is 10.7. The molecule has 0 aliphatic heterocycles. The van der Waals surface area contributed by atoms with Crippen LogP contribution >= 0.6 is 23.2 Å². The van der Waals surface area contributed by atoms with Crippen LogP contribution in [0.15, 0.2) is 48.5 Å². The number of benzene rings is 2. The van der Waals surface area contributed by atoms with E-state index in [1.54, 1.807) is 0 Å². The second-order valence-corrected chi connectivity index (χ2v) is 7.27. The second kappa shape index (κ2) is 9.25. The zero-order valence-electron chi connectivity index (χ0n) is 12.5. The van der Waals surface area contributed by atoms with E-state index in [4.69, 9.17) is 27.8 Å². The van der Waals surface area contributed by atoms with Gasteiger partial charge in [-0.3, -0.25) is 4.55 Å². The van der Waals surface area contributed by atoms with Crippen molar-refractivity contribution in [3.8, 4) is 0 Å². The van der Waals surface area contributed by atoms with E-state index in [2.05, 4.69) is 0 Å². The first kappa shape index (κ1) is 19.9. The maximum absolute atomic E-state index is 9.52. The summed E-state index contributed by atoms with van der Waals surface area (Å²) < 4.78 is 25.9. The van der Waals surface area contributed by atoms with Crippen LogP contribution in [0.4, 0.5) is 0 Å². The average molecular weight is 377 g/mol. The van der Waals surface area contributed by atoms with Gasteiger partial charge >= 0.3 is 0 Å². The molecule has 0 bridgehead atoms. The molecule has 23 heavy (non-hydrogen) atoms. The Bertz CT molecular complexity index is 707. The lowest BCUT2D eigenvalue weighted by Crippen LogP contribution is -2.08. The molecule has 0 aromatic heterocycles. The molecule has 0 spiro atoms. The van der Waals surface area contributed by atoms with Crippen molar-refractivity contribution in [2.75, 3.05) is 12.9 Å². The van der Waals surface area contributed by atoms with Crippen molar-refractivity contribution in [1.29, 1.82) is 0 Å². The third-order valence-corrected chi connectivity index (χ3v) is 3.61. The molecule has 0 saturated heterocycles. The largest absolute Gasteiger partial charge is 0.396 e. The minimum Gasteiger partial charge on any atom is -0.396 e. The van der Waals surface area contributed by atoms with Crippen LogP contribution in [0.5, 0.6) is 0 Å². The van der Waals surface area contributed by atoms with Crippen LogP contribution in [0.2, 0.25) is 10.0 Å². The number of hydrogen-bond donors (Lipinski definition) is 2. The molecule has 0 radical (unpaired) electrons. The maximum atomic E-state index is 9.52. The minimum absolute atomic E-state index is 0.0437. The average Bonchev–Trinajstić information content (AvgIpc) is 2.46. The van der Waals surface area contributed by atoms with Gasteiger partial charge in [-0.05, 0) is 35.7 Å². The Balaban J connectivity index is 0.000000463. The van der Waals surface area contributed by atoms with Crippen molar-refractivity contribution >= 4 is 33.3 Å². The highest BCUT2D eigenvalue weighted by molar-refractivity contribution is 7.85. The molecular formula is C16H18Cl2O4S. The van der Waals surface area contributed by atoms with E-state index >= 15 is 0 Å². The van der Waals surface area contributed by atoms with E-state index in [1.807, 2.05) is 48.5 Å². The summed E-state index contributed by atoms with van der Waals surface area (Å²) in [6.07, 6.45) is 1.44. The molecule has 2 rings (SSSR count). The molecule has 2 aromatic carbocycles. The van der Waals surface area contributed by atoms with Crippen LogP contribution in [0.3, 0.4) is 0 Å². The third kappa shape index (κ3) is 8.34.